The van der Waals surface area contributed by atoms with Gasteiger partial charge in [-0.1, -0.05) is 13.8 Å². The highest BCUT2D eigenvalue weighted by Gasteiger charge is 2.14. The Kier molecular flexibility index (Phi) is 7.77. The highest BCUT2D eigenvalue weighted by molar-refractivity contribution is 7.89. The van der Waals surface area contributed by atoms with Crippen molar-refractivity contribution in [2.75, 3.05) is 29.7 Å². The second-order valence-electron chi connectivity index (χ2n) is 3.37. The zero-order chi connectivity index (χ0) is 11.9. The van der Waals surface area contributed by atoms with Gasteiger partial charge in [-0.3, -0.25) is 4.21 Å². The molecule has 1 N–H and O–H groups in total. The predicted molar refractivity (Wildman–Crippen MR) is 65.2 cm³/mol. The maximum absolute atomic E-state index is 11.4. The maximum Gasteiger partial charge on any atom is 0.211 e. The molecule has 0 aliphatic heterocycles. The van der Waals surface area contributed by atoms with Crippen LogP contribution in [0.4, 0.5) is 0 Å². The topological polar surface area (TPSA) is 63.2 Å². The fourth-order valence-electron chi connectivity index (χ4n) is 0.933. The smallest absolute Gasteiger partial charge is 0.211 e. The molecule has 0 rings (SSSR count). The van der Waals surface area contributed by atoms with E-state index >= 15 is 0 Å². The largest absolute Gasteiger partial charge is 0.260 e. The van der Waals surface area contributed by atoms with E-state index in [1.807, 2.05) is 0 Å². The molecule has 0 aliphatic carbocycles. The normalized spacial score (nSPS) is 16.2. The fraction of sp³-hybridized carbons (Fsp3) is 1.00. The number of halogens is 1. The fourth-order valence-corrected chi connectivity index (χ4v) is 3.32. The summed E-state index contributed by atoms with van der Waals surface area (Å²) >= 11 is 5.52. The van der Waals surface area contributed by atoms with E-state index < -0.39 is 20.8 Å². The van der Waals surface area contributed by atoms with Crippen molar-refractivity contribution in [3.63, 3.8) is 0 Å². The Balaban J connectivity index is 3.90. The first kappa shape index (κ1) is 15.3. The molecule has 0 bridgehead atoms. The van der Waals surface area contributed by atoms with Crippen LogP contribution in [0, 0.1) is 5.92 Å². The summed E-state index contributed by atoms with van der Waals surface area (Å²) in [6.45, 7) is 3.81. The average molecular weight is 276 g/mol. The summed E-state index contributed by atoms with van der Waals surface area (Å²) in [6.07, 6.45) is 0. The summed E-state index contributed by atoms with van der Waals surface area (Å²) in [7, 11) is -4.19. The molecule has 0 fully saturated rings. The van der Waals surface area contributed by atoms with Gasteiger partial charge in [-0.15, -0.1) is 11.6 Å². The van der Waals surface area contributed by atoms with Crippen molar-refractivity contribution in [2.45, 2.75) is 13.8 Å². The molecule has 92 valence electrons. The Labute approximate surface area is 99.3 Å². The molecular formula is C8H18ClNO3S2. The van der Waals surface area contributed by atoms with E-state index in [0.29, 0.717) is 17.4 Å². The van der Waals surface area contributed by atoms with Crippen LogP contribution in [0.1, 0.15) is 13.8 Å². The van der Waals surface area contributed by atoms with Gasteiger partial charge in [0.15, 0.2) is 0 Å². The van der Waals surface area contributed by atoms with Crippen LogP contribution < -0.4 is 4.72 Å². The van der Waals surface area contributed by atoms with E-state index in [-0.39, 0.29) is 18.2 Å². The van der Waals surface area contributed by atoms with Crippen molar-refractivity contribution in [1.82, 2.24) is 4.72 Å². The molecule has 0 saturated carbocycles. The van der Waals surface area contributed by atoms with Gasteiger partial charge in [0.25, 0.3) is 0 Å². The SMILES string of the molecule is CCS(=O)CCNS(=O)(=O)CC(C)CCl. The van der Waals surface area contributed by atoms with Gasteiger partial charge in [-0.2, -0.15) is 0 Å². The number of rotatable bonds is 8. The molecule has 4 nitrogen and oxygen atoms in total. The monoisotopic (exact) mass is 275 g/mol. The van der Waals surface area contributed by atoms with Gasteiger partial charge in [-0.05, 0) is 5.92 Å². The summed E-state index contributed by atoms with van der Waals surface area (Å²) in [6, 6.07) is 0. The van der Waals surface area contributed by atoms with Gasteiger partial charge < -0.3 is 0 Å². The molecule has 0 aromatic carbocycles. The Bertz CT molecular complexity index is 292. The number of hydrogen-bond acceptors (Lipinski definition) is 3. The lowest BCUT2D eigenvalue weighted by atomic mass is 10.3. The molecule has 0 aliphatic rings. The van der Waals surface area contributed by atoms with Gasteiger partial charge in [0.05, 0.1) is 5.75 Å². The third-order valence-electron chi connectivity index (χ3n) is 1.74. The standard InChI is InChI=1S/C8H18ClNO3S2/c1-3-14(11)5-4-10-15(12,13)7-8(2)6-9/h8,10H,3-7H2,1-2H3. The van der Waals surface area contributed by atoms with Gasteiger partial charge in [0, 0.05) is 34.7 Å². The lowest BCUT2D eigenvalue weighted by molar-refractivity contribution is 0.571. The first-order chi connectivity index (χ1) is 6.91. The van der Waals surface area contributed by atoms with E-state index in [4.69, 9.17) is 11.6 Å². The Hall–Kier alpha value is 0.350. The van der Waals surface area contributed by atoms with Crippen LogP contribution in [-0.4, -0.2) is 42.3 Å². The van der Waals surface area contributed by atoms with E-state index in [1.165, 1.54) is 0 Å². The molecule has 0 radical (unpaired) electrons. The minimum atomic E-state index is -3.27. The van der Waals surface area contributed by atoms with Crippen molar-refractivity contribution in [2.24, 2.45) is 5.92 Å². The average Bonchev–Trinajstić information content (AvgIpc) is 2.16. The van der Waals surface area contributed by atoms with Gasteiger partial charge in [0.2, 0.25) is 10.0 Å². The zero-order valence-corrected chi connectivity index (χ0v) is 11.4. The summed E-state index contributed by atoms with van der Waals surface area (Å²) in [5, 5.41) is 0. The van der Waals surface area contributed by atoms with E-state index in [1.54, 1.807) is 13.8 Å². The van der Waals surface area contributed by atoms with Gasteiger partial charge in [-0.25, -0.2) is 13.1 Å². The molecule has 15 heavy (non-hydrogen) atoms. The molecule has 0 saturated heterocycles. The van der Waals surface area contributed by atoms with E-state index in [9.17, 15) is 12.6 Å². The molecule has 7 heteroatoms. The second-order valence-corrected chi connectivity index (χ2v) is 7.39. The van der Waals surface area contributed by atoms with Crippen LogP contribution in [0.2, 0.25) is 0 Å². The quantitative estimate of drug-likeness (QED) is 0.658. The minimum Gasteiger partial charge on any atom is -0.260 e. The molecule has 0 spiro atoms. The molecule has 0 amide bonds. The lowest BCUT2D eigenvalue weighted by Gasteiger charge is -2.09. The Morgan fingerprint density at radius 3 is 2.53 bits per heavy atom. The van der Waals surface area contributed by atoms with Crippen molar-refractivity contribution < 1.29 is 12.6 Å². The van der Waals surface area contributed by atoms with Crippen LogP contribution in [-0.2, 0) is 20.8 Å². The van der Waals surface area contributed by atoms with E-state index in [2.05, 4.69) is 4.72 Å². The minimum absolute atomic E-state index is 0.0231. The van der Waals surface area contributed by atoms with Gasteiger partial charge >= 0.3 is 0 Å². The summed E-state index contributed by atoms with van der Waals surface area (Å²) < 4.78 is 36.2. The number of nitrogens with one attached hydrogen (secondary N) is 1. The number of alkyl halides is 1. The van der Waals surface area contributed by atoms with Crippen LogP contribution in [0.25, 0.3) is 0 Å². The number of hydrogen-bond donors (Lipinski definition) is 1. The summed E-state index contributed by atoms with van der Waals surface area (Å²) in [4.78, 5) is 0. The predicted octanol–water partition coefficient (Wildman–Crippen LogP) is 0.549. The maximum atomic E-state index is 11.4. The molecular weight excluding hydrogens is 258 g/mol. The first-order valence-electron chi connectivity index (χ1n) is 4.79. The molecule has 0 aromatic rings. The van der Waals surface area contributed by atoms with Gasteiger partial charge in [0.1, 0.15) is 0 Å². The van der Waals surface area contributed by atoms with Crippen molar-refractivity contribution in [3.8, 4) is 0 Å². The highest BCUT2D eigenvalue weighted by atomic mass is 35.5. The van der Waals surface area contributed by atoms with Crippen LogP contribution >= 0.6 is 11.6 Å². The Morgan fingerprint density at radius 1 is 1.47 bits per heavy atom. The molecule has 0 heterocycles. The van der Waals surface area contributed by atoms with E-state index in [0.717, 1.165) is 0 Å². The molecule has 2 atom stereocenters. The molecule has 0 aromatic heterocycles. The number of sulfonamides is 1. The first-order valence-corrected chi connectivity index (χ1v) is 8.47. The Morgan fingerprint density at radius 2 is 2.07 bits per heavy atom. The van der Waals surface area contributed by atoms with Crippen molar-refractivity contribution in [3.05, 3.63) is 0 Å². The summed E-state index contributed by atoms with van der Waals surface area (Å²) in [5.74, 6) is 1.20. The zero-order valence-electron chi connectivity index (χ0n) is 9.03. The third kappa shape index (κ3) is 8.19. The third-order valence-corrected chi connectivity index (χ3v) is 5.22. The van der Waals surface area contributed by atoms with Crippen LogP contribution in [0.3, 0.4) is 0 Å². The highest BCUT2D eigenvalue weighted by Crippen LogP contribution is 2.01. The molecule has 2 unspecified atom stereocenters. The van der Waals surface area contributed by atoms with Crippen molar-refractivity contribution in [1.29, 1.82) is 0 Å². The van der Waals surface area contributed by atoms with Crippen LogP contribution in [0.5, 0.6) is 0 Å². The summed E-state index contributed by atoms with van der Waals surface area (Å²) in [5.41, 5.74) is 0. The van der Waals surface area contributed by atoms with Crippen molar-refractivity contribution >= 4 is 32.4 Å². The lowest BCUT2D eigenvalue weighted by Crippen LogP contribution is -2.32. The second kappa shape index (κ2) is 7.60. The van der Waals surface area contributed by atoms with Crippen LogP contribution in [0.15, 0.2) is 0 Å².